The number of H-pyrrole nitrogens is 1. The van der Waals surface area contributed by atoms with Crippen molar-refractivity contribution >= 4 is 22.4 Å². The van der Waals surface area contributed by atoms with E-state index in [2.05, 4.69) is 56.9 Å². The van der Waals surface area contributed by atoms with E-state index in [0.717, 1.165) is 30.3 Å². The van der Waals surface area contributed by atoms with E-state index in [0.29, 0.717) is 5.92 Å². The van der Waals surface area contributed by atoms with Gasteiger partial charge >= 0.3 is 0 Å². The zero-order valence-electron chi connectivity index (χ0n) is 14.2. The molecule has 25 heavy (non-hydrogen) atoms. The monoisotopic (exact) mass is 332 g/mol. The van der Waals surface area contributed by atoms with E-state index in [4.69, 9.17) is 0 Å². The molecule has 3 aromatic heterocycles. The summed E-state index contributed by atoms with van der Waals surface area (Å²) in [5.74, 6) is 2.39. The van der Waals surface area contributed by atoms with Crippen molar-refractivity contribution in [2.75, 3.05) is 11.9 Å². The summed E-state index contributed by atoms with van der Waals surface area (Å²) >= 11 is 0. The first-order valence-corrected chi connectivity index (χ1v) is 8.81. The van der Waals surface area contributed by atoms with Crippen LogP contribution >= 0.6 is 0 Å². The van der Waals surface area contributed by atoms with Gasteiger partial charge in [-0.3, -0.25) is 0 Å². The molecule has 6 heteroatoms. The fourth-order valence-electron chi connectivity index (χ4n) is 3.47. The van der Waals surface area contributed by atoms with Crippen LogP contribution in [0.3, 0.4) is 0 Å². The lowest BCUT2D eigenvalue weighted by atomic mass is 10.1. The number of hydrogen-bond acceptors (Lipinski definition) is 4. The molecule has 6 nitrogen and oxygen atoms in total. The predicted octanol–water partition coefficient (Wildman–Crippen LogP) is 3.45. The largest absolute Gasteiger partial charge is 0.368 e. The van der Waals surface area contributed by atoms with Crippen molar-refractivity contribution < 1.29 is 0 Å². The third-order valence-electron chi connectivity index (χ3n) is 4.93. The molecule has 1 aliphatic rings. The van der Waals surface area contributed by atoms with E-state index in [1.807, 2.05) is 16.6 Å². The minimum atomic E-state index is 0.534. The molecule has 0 bridgehead atoms. The topological polar surface area (TPSA) is 70.9 Å². The molecule has 5 rings (SSSR count). The number of nitrogens with zero attached hydrogens (tertiary/aromatic N) is 4. The highest BCUT2D eigenvalue weighted by molar-refractivity contribution is 5.86. The fraction of sp³-hybridized carbons (Fsp3) is 0.316. The molecule has 0 radical (unpaired) electrons. The van der Waals surface area contributed by atoms with Crippen LogP contribution in [0, 0.1) is 6.92 Å². The summed E-state index contributed by atoms with van der Waals surface area (Å²) in [5.41, 5.74) is 4.67. The molecule has 0 aliphatic heterocycles. The normalized spacial score (nSPS) is 14.4. The maximum atomic E-state index is 4.67. The molecule has 0 spiro atoms. The third-order valence-corrected chi connectivity index (χ3v) is 4.93. The van der Waals surface area contributed by atoms with Gasteiger partial charge in [0.1, 0.15) is 5.82 Å². The Bertz CT molecular complexity index is 1060. The molecule has 126 valence electrons. The molecule has 1 aromatic carbocycles. The number of aryl methyl sites for hydroxylation is 1. The summed E-state index contributed by atoms with van der Waals surface area (Å²) < 4.78 is 1.88. The van der Waals surface area contributed by atoms with Crippen LogP contribution in [0.1, 0.15) is 35.7 Å². The SMILES string of the molecule is Cc1cccc2[nH]cc(CCNc3ccc4nnc(C5CC5)n4n3)c12. The number of fused-ring (bicyclic) bond motifs is 2. The molecule has 1 saturated carbocycles. The van der Waals surface area contributed by atoms with Gasteiger partial charge in [-0.15, -0.1) is 15.3 Å². The predicted molar refractivity (Wildman–Crippen MR) is 98.0 cm³/mol. The zero-order chi connectivity index (χ0) is 16.8. The number of anilines is 1. The number of aromatic nitrogens is 5. The van der Waals surface area contributed by atoms with Crippen molar-refractivity contribution in [3.8, 4) is 0 Å². The Hall–Kier alpha value is -2.89. The fourth-order valence-corrected chi connectivity index (χ4v) is 3.47. The van der Waals surface area contributed by atoms with Crippen LogP contribution in [0.25, 0.3) is 16.6 Å². The lowest BCUT2D eigenvalue weighted by Gasteiger charge is -2.06. The van der Waals surface area contributed by atoms with Crippen molar-refractivity contribution in [3.05, 3.63) is 53.5 Å². The summed E-state index contributed by atoms with van der Waals surface area (Å²) in [6, 6.07) is 10.3. The Balaban J connectivity index is 1.34. The van der Waals surface area contributed by atoms with E-state index < -0.39 is 0 Å². The summed E-state index contributed by atoms with van der Waals surface area (Å²) in [4.78, 5) is 3.36. The lowest BCUT2D eigenvalue weighted by Crippen LogP contribution is -2.08. The molecule has 0 amide bonds. The van der Waals surface area contributed by atoms with E-state index in [1.54, 1.807) is 0 Å². The van der Waals surface area contributed by atoms with Crippen molar-refractivity contribution in [2.24, 2.45) is 0 Å². The Kier molecular flexibility index (Phi) is 3.23. The first-order chi connectivity index (χ1) is 12.3. The van der Waals surface area contributed by atoms with Gasteiger partial charge in [0.15, 0.2) is 11.5 Å². The average molecular weight is 332 g/mol. The van der Waals surface area contributed by atoms with Crippen LogP contribution < -0.4 is 5.32 Å². The third kappa shape index (κ3) is 2.54. The molecule has 0 atom stereocenters. The van der Waals surface area contributed by atoms with Crippen LogP contribution in [-0.2, 0) is 6.42 Å². The van der Waals surface area contributed by atoms with Gasteiger partial charge in [0.05, 0.1) is 0 Å². The number of hydrogen-bond donors (Lipinski definition) is 2. The number of nitrogens with one attached hydrogen (secondary N) is 2. The minimum absolute atomic E-state index is 0.534. The Morgan fingerprint density at radius 2 is 2.12 bits per heavy atom. The zero-order valence-corrected chi connectivity index (χ0v) is 14.2. The minimum Gasteiger partial charge on any atom is -0.368 e. The van der Waals surface area contributed by atoms with Crippen LogP contribution in [0.2, 0.25) is 0 Å². The van der Waals surface area contributed by atoms with Crippen LogP contribution in [-0.4, -0.2) is 31.3 Å². The van der Waals surface area contributed by atoms with Crippen LogP contribution in [0.5, 0.6) is 0 Å². The van der Waals surface area contributed by atoms with E-state index in [1.165, 1.54) is 34.9 Å². The summed E-state index contributed by atoms with van der Waals surface area (Å²) in [6.07, 6.45) is 5.45. The van der Waals surface area contributed by atoms with Gasteiger partial charge in [0, 0.05) is 29.6 Å². The maximum Gasteiger partial charge on any atom is 0.178 e. The number of rotatable bonds is 5. The summed E-state index contributed by atoms with van der Waals surface area (Å²) in [7, 11) is 0. The molecule has 0 saturated heterocycles. The average Bonchev–Trinajstić information content (AvgIpc) is 3.24. The van der Waals surface area contributed by atoms with Gasteiger partial charge in [-0.2, -0.15) is 4.52 Å². The maximum absolute atomic E-state index is 4.67. The summed E-state index contributed by atoms with van der Waals surface area (Å²) in [5, 5.41) is 17.9. The van der Waals surface area contributed by atoms with Crippen molar-refractivity contribution in [3.63, 3.8) is 0 Å². The second-order valence-electron chi connectivity index (χ2n) is 6.81. The Morgan fingerprint density at radius 3 is 3.00 bits per heavy atom. The van der Waals surface area contributed by atoms with Crippen LogP contribution in [0.4, 0.5) is 5.82 Å². The standard InChI is InChI=1S/C19H20N6/c1-12-3-2-4-15-18(12)14(11-21-15)9-10-20-16-7-8-17-22-23-19(13-5-6-13)25(17)24-16/h2-4,7-8,11,13,21H,5-6,9-10H2,1H3,(H,20,24). The Labute approximate surface area is 145 Å². The highest BCUT2D eigenvalue weighted by Gasteiger charge is 2.29. The molecule has 1 fully saturated rings. The van der Waals surface area contributed by atoms with Crippen molar-refractivity contribution in [2.45, 2.75) is 32.1 Å². The van der Waals surface area contributed by atoms with E-state index in [9.17, 15) is 0 Å². The first-order valence-electron chi connectivity index (χ1n) is 8.81. The first kappa shape index (κ1) is 14.5. The second kappa shape index (κ2) is 5.58. The lowest BCUT2D eigenvalue weighted by molar-refractivity contribution is 0.813. The molecule has 3 heterocycles. The second-order valence-corrected chi connectivity index (χ2v) is 6.81. The molecule has 1 aliphatic carbocycles. The summed E-state index contributed by atoms with van der Waals surface area (Å²) in [6.45, 7) is 2.99. The van der Waals surface area contributed by atoms with Crippen molar-refractivity contribution in [1.82, 2.24) is 24.8 Å². The van der Waals surface area contributed by atoms with Gasteiger partial charge < -0.3 is 10.3 Å². The van der Waals surface area contributed by atoms with Gasteiger partial charge in [0.2, 0.25) is 0 Å². The molecular weight excluding hydrogens is 312 g/mol. The smallest absolute Gasteiger partial charge is 0.178 e. The van der Waals surface area contributed by atoms with Crippen LogP contribution in [0.15, 0.2) is 36.5 Å². The number of aromatic amines is 1. The van der Waals surface area contributed by atoms with Gasteiger partial charge in [-0.25, -0.2) is 0 Å². The van der Waals surface area contributed by atoms with E-state index in [-0.39, 0.29) is 0 Å². The molecule has 0 unspecified atom stereocenters. The van der Waals surface area contributed by atoms with Crippen molar-refractivity contribution in [1.29, 1.82) is 0 Å². The molecule has 2 N–H and O–H groups in total. The highest BCUT2D eigenvalue weighted by atomic mass is 15.4. The highest BCUT2D eigenvalue weighted by Crippen LogP contribution is 2.38. The number of benzene rings is 1. The quantitative estimate of drug-likeness (QED) is 0.587. The van der Waals surface area contributed by atoms with Gasteiger partial charge in [0.25, 0.3) is 0 Å². The van der Waals surface area contributed by atoms with Gasteiger partial charge in [-0.1, -0.05) is 12.1 Å². The molecular formula is C19H20N6. The Morgan fingerprint density at radius 1 is 1.20 bits per heavy atom. The van der Waals surface area contributed by atoms with E-state index >= 15 is 0 Å². The van der Waals surface area contributed by atoms with Gasteiger partial charge in [-0.05, 0) is 55.5 Å². The molecule has 4 aromatic rings.